The SMILES string of the molecule is C=C(/C=C(/c1cccc(C#N)c1)N(N)c1ccc(F)c(Cl)c1)C(=O)N1CNC(=O)C1. The van der Waals surface area contributed by atoms with Gasteiger partial charge in [0.15, 0.2) is 0 Å². The zero-order valence-electron chi connectivity index (χ0n) is 15.7. The Hall–Kier alpha value is -3.67. The smallest absolute Gasteiger partial charge is 0.255 e. The van der Waals surface area contributed by atoms with E-state index in [1.54, 1.807) is 24.3 Å². The third-order valence-corrected chi connectivity index (χ3v) is 4.69. The topological polar surface area (TPSA) is 102 Å². The highest BCUT2D eigenvalue weighted by Crippen LogP contribution is 2.28. The molecule has 0 radical (unpaired) electrons. The summed E-state index contributed by atoms with van der Waals surface area (Å²) in [5, 5.41) is 12.9. The molecule has 0 bridgehead atoms. The number of nitrogens with two attached hydrogens (primary N) is 1. The minimum atomic E-state index is -0.600. The van der Waals surface area contributed by atoms with Crippen molar-refractivity contribution >= 4 is 34.8 Å². The van der Waals surface area contributed by atoms with Gasteiger partial charge in [0.2, 0.25) is 5.91 Å². The van der Waals surface area contributed by atoms with Gasteiger partial charge >= 0.3 is 0 Å². The minimum absolute atomic E-state index is 0.0646. The van der Waals surface area contributed by atoms with E-state index in [9.17, 15) is 19.2 Å². The maximum atomic E-state index is 13.6. The van der Waals surface area contributed by atoms with Gasteiger partial charge in [-0.05, 0) is 36.4 Å². The van der Waals surface area contributed by atoms with Crippen LogP contribution in [0.5, 0.6) is 0 Å². The number of halogens is 2. The van der Waals surface area contributed by atoms with Crippen molar-refractivity contribution in [1.29, 1.82) is 5.26 Å². The van der Waals surface area contributed by atoms with Crippen LogP contribution in [0, 0.1) is 17.1 Å². The van der Waals surface area contributed by atoms with Crippen LogP contribution in [-0.4, -0.2) is 29.9 Å². The molecule has 0 unspecified atom stereocenters. The first kappa shape index (κ1) is 21.0. The second-order valence-electron chi connectivity index (χ2n) is 6.48. The van der Waals surface area contributed by atoms with Gasteiger partial charge in [-0.1, -0.05) is 30.3 Å². The Morgan fingerprint density at radius 2 is 2.13 bits per heavy atom. The van der Waals surface area contributed by atoms with Gasteiger partial charge in [0.25, 0.3) is 5.91 Å². The number of carbonyl (C=O) groups is 2. The molecule has 2 aromatic carbocycles. The molecule has 0 spiro atoms. The largest absolute Gasteiger partial charge is 0.337 e. The summed E-state index contributed by atoms with van der Waals surface area (Å²) in [4.78, 5) is 25.3. The molecule has 7 nitrogen and oxygen atoms in total. The lowest BCUT2D eigenvalue weighted by atomic mass is 10.1. The molecule has 9 heteroatoms. The molecule has 1 aliphatic heterocycles. The second kappa shape index (κ2) is 8.78. The maximum absolute atomic E-state index is 13.6. The molecular formula is C21H17ClFN5O2. The first-order valence-electron chi connectivity index (χ1n) is 8.77. The van der Waals surface area contributed by atoms with E-state index in [-0.39, 0.29) is 29.7 Å². The van der Waals surface area contributed by atoms with E-state index in [0.29, 0.717) is 22.5 Å². The van der Waals surface area contributed by atoms with Gasteiger partial charge in [0.1, 0.15) is 12.4 Å². The van der Waals surface area contributed by atoms with Crippen LogP contribution >= 0.6 is 11.6 Å². The van der Waals surface area contributed by atoms with E-state index < -0.39 is 11.7 Å². The number of benzene rings is 2. The summed E-state index contributed by atoms with van der Waals surface area (Å²) in [6, 6.07) is 12.6. The molecule has 152 valence electrons. The summed E-state index contributed by atoms with van der Waals surface area (Å²) >= 11 is 5.88. The highest BCUT2D eigenvalue weighted by Gasteiger charge is 2.25. The molecule has 0 atom stereocenters. The number of hydrogen-bond donors (Lipinski definition) is 2. The fraction of sp³-hybridized carbons (Fsp3) is 0.0952. The van der Waals surface area contributed by atoms with Gasteiger partial charge in [-0.3, -0.25) is 14.6 Å². The Labute approximate surface area is 177 Å². The van der Waals surface area contributed by atoms with E-state index in [2.05, 4.69) is 11.9 Å². The van der Waals surface area contributed by atoms with E-state index in [1.165, 1.54) is 34.2 Å². The number of anilines is 1. The summed E-state index contributed by atoms with van der Waals surface area (Å²) in [6.45, 7) is 3.82. The first-order chi connectivity index (χ1) is 14.3. The highest BCUT2D eigenvalue weighted by atomic mass is 35.5. The summed E-state index contributed by atoms with van der Waals surface area (Å²) in [6.07, 6.45) is 1.44. The van der Waals surface area contributed by atoms with Crippen molar-refractivity contribution in [2.75, 3.05) is 18.2 Å². The van der Waals surface area contributed by atoms with Gasteiger partial charge in [-0.25, -0.2) is 10.2 Å². The quantitative estimate of drug-likeness (QED) is 0.332. The summed E-state index contributed by atoms with van der Waals surface area (Å²) in [5.74, 6) is 4.96. The lowest BCUT2D eigenvalue weighted by molar-refractivity contribution is -0.127. The molecule has 1 heterocycles. The molecule has 0 saturated carbocycles. The van der Waals surface area contributed by atoms with Crippen molar-refractivity contribution in [3.63, 3.8) is 0 Å². The zero-order chi connectivity index (χ0) is 21.8. The number of nitrogens with one attached hydrogen (secondary N) is 1. The van der Waals surface area contributed by atoms with E-state index in [4.69, 9.17) is 17.4 Å². The number of carbonyl (C=O) groups excluding carboxylic acids is 2. The van der Waals surface area contributed by atoms with Crippen LogP contribution in [0.3, 0.4) is 0 Å². The molecule has 1 aliphatic rings. The van der Waals surface area contributed by atoms with Crippen LogP contribution in [0.15, 0.2) is 60.7 Å². The molecule has 3 rings (SSSR count). The van der Waals surface area contributed by atoms with Crippen molar-refractivity contribution in [2.45, 2.75) is 0 Å². The van der Waals surface area contributed by atoms with Crippen LogP contribution in [0.1, 0.15) is 11.1 Å². The molecule has 30 heavy (non-hydrogen) atoms. The number of hydrogen-bond acceptors (Lipinski definition) is 5. The molecule has 3 N–H and O–H groups in total. The van der Waals surface area contributed by atoms with Crippen molar-refractivity contribution in [2.24, 2.45) is 5.84 Å². The third-order valence-electron chi connectivity index (χ3n) is 4.40. The Morgan fingerprint density at radius 3 is 2.77 bits per heavy atom. The molecule has 0 aromatic heterocycles. The number of rotatable bonds is 5. The molecular weight excluding hydrogens is 409 g/mol. The van der Waals surface area contributed by atoms with Crippen molar-refractivity contribution < 1.29 is 14.0 Å². The van der Waals surface area contributed by atoms with Gasteiger partial charge in [0.05, 0.1) is 34.7 Å². The zero-order valence-corrected chi connectivity index (χ0v) is 16.5. The molecule has 1 fully saturated rings. The van der Waals surface area contributed by atoms with Crippen LogP contribution in [0.4, 0.5) is 10.1 Å². The summed E-state index contributed by atoms with van der Waals surface area (Å²) < 4.78 is 13.6. The fourth-order valence-electron chi connectivity index (χ4n) is 2.86. The predicted octanol–water partition coefficient (Wildman–Crippen LogP) is 2.54. The summed E-state index contributed by atoms with van der Waals surface area (Å²) in [7, 11) is 0. The van der Waals surface area contributed by atoms with E-state index in [1.807, 2.05) is 6.07 Å². The van der Waals surface area contributed by atoms with Gasteiger partial charge < -0.3 is 10.2 Å². The molecule has 0 aliphatic carbocycles. The molecule has 2 amide bonds. The first-order valence-corrected chi connectivity index (χ1v) is 9.15. The van der Waals surface area contributed by atoms with Gasteiger partial charge in [-0.2, -0.15) is 5.26 Å². The standard InChI is InChI=1S/C21H17ClFN5O2/c1-13(21(30)27-11-20(29)26-12-27)7-19(15-4-2-3-14(8-15)10-24)28(25)16-5-6-18(23)17(22)9-16/h2-9H,1,11-12,25H2,(H,26,29)/b19-7-. The Bertz CT molecular complexity index is 1110. The highest BCUT2D eigenvalue weighted by molar-refractivity contribution is 6.31. The van der Waals surface area contributed by atoms with Crippen molar-refractivity contribution in [1.82, 2.24) is 10.2 Å². The number of amides is 2. The van der Waals surface area contributed by atoms with Gasteiger partial charge in [0, 0.05) is 11.1 Å². The summed E-state index contributed by atoms with van der Waals surface area (Å²) in [5.41, 5.74) is 1.67. The lowest BCUT2D eigenvalue weighted by Crippen LogP contribution is -2.32. The van der Waals surface area contributed by atoms with Crippen molar-refractivity contribution in [3.05, 3.63) is 82.7 Å². The van der Waals surface area contributed by atoms with E-state index in [0.717, 1.165) is 0 Å². The average Bonchev–Trinajstić information content (AvgIpc) is 3.19. The Balaban J connectivity index is 2.02. The number of nitrogens with zero attached hydrogens (tertiary/aromatic N) is 3. The second-order valence-corrected chi connectivity index (χ2v) is 6.88. The van der Waals surface area contributed by atoms with Crippen LogP contribution < -0.4 is 16.2 Å². The normalized spacial score (nSPS) is 13.6. The Morgan fingerprint density at radius 1 is 1.37 bits per heavy atom. The predicted molar refractivity (Wildman–Crippen MR) is 111 cm³/mol. The lowest BCUT2D eigenvalue weighted by Gasteiger charge is -2.24. The van der Waals surface area contributed by atoms with E-state index >= 15 is 0 Å². The van der Waals surface area contributed by atoms with Gasteiger partial charge in [-0.15, -0.1) is 0 Å². The van der Waals surface area contributed by atoms with Crippen LogP contribution in [-0.2, 0) is 9.59 Å². The minimum Gasteiger partial charge on any atom is -0.337 e. The number of nitriles is 1. The third kappa shape index (κ3) is 4.49. The number of hydrazine groups is 1. The monoisotopic (exact) mass is 425 g/mol. The average molecular weight is 426 g/mol. The maximum Gasteiger partial charge on any atom is 0.255 e. The van der Waals surface area contributed by atoms with Crippen LogP contribution in [0.2, 0.25) is 5.02 Å². The fourth-order valence-corrected chi connectivity index (χ4v) is 3.03. The molecule has 2 aromatic rings. The van der Waals surface area contributed by atoms with Crippen molar-refractivity contribution in [3.8, 4) is 6.07 Å². The van der Waals surface area contributed by atoms with Crippen LogP contribution in [0.25, 0.3) is 5.70 Å². The molecule has 1 saturated heterocycles. The Kier molecular flexibility index (Phi) is 6.16.